The highest BCUT2D eigenvalue weighted by molar-refractivity contribution is 14.0. The molecule has 6 heteroatoms. The van der Waals surface area contributed by atoms with Crippen LogP contribution in [0.25, 0.3) is 0 Å². The quantitative estimate of drug-likeness (QED) is 0.223. The molecular formula is C18H32IN3O2. The van der Waals surface area contributed by atoms with Gasteiger partial charge in [-0.2, -0.15) is 0 Å². The number of nitrogens with zero attached hydrogens (tertiary/aromatic N) is 1. The SMILES string of the molecule is CN=C(NCCCCOCCc1ccccc1)NCCCOC.I. The number of aliphatic imine (C=N–C) groups is 1. The maximum absolute atomic E-state index is 5.68. The summed E-state index contributed by atoms with van der Waals surface area (Å²) < 4.78 is 10.7. The van der Waals surface area contributed by atoms with Crippen LogP contribution in [0.3, 0.4) is 0 Å². The minimum absolute atomic E-state index is 0. The van der Waals surface area contributed by atoms with Crippen molar-refractivity contribution in [2.45, 2.75) is 25.7 Å². The lowest BCUT2D eigenvalue weighted by Crippen LogP contribution is -2.38. The molecule has 0 radical (unpaired) electrons. The van der Waals surface area contributed by atoms with Gasteiger partial charge in [0, 0.05) is 40.5 Å². The van der Waals surface area contributed by atoms with E-state index in [1.807, 2.05) is 6.07 Å². The van der Waals surface area contributed by atoms with Crippen LogP contribution < -0.4 is 10.6 Å². The molecule has 5 nitrogen and oxygen atoms in total. The molecule has 24 heavy (non-hydrogen) atoms. The van der Waals surface area contributed by atoms with E-state index in [4.69, 9.17) is 9.47 Å². The van der Waals surface area contributed by atoms with Crippen molar-refractivity contribution in [3.8, 4) is 0 Å². The molecule has 0 heterocycles. The molecule has 0 bridgehead atoms. The van der Waals surface area contributed by atoms with E-state index in [1.54, 1.807) is 14.2 Å². The van der Waals surface area contributed by atoms with E-state index < -0.39 is 0 Å². The van der Waals surface area contributed by atoms with Gasteiger partial charge in [0.1, 0.15) is 0 Å². The van der Waals surface area contributed by atoms with Crippen molar-refractivity contribution in [3.05, 3.63) is 35.9 Å². The molecule has 0 fully saturated rings. The Morgan fingerprint density at radius 3 is 2.33 bits per heavy atom. The van der Waals surface area contributed by atoms with E-state index in [0.29, 0.717) is 0 Å². The maximum Gasteiger partial charge on any atom is 0.190 e. The van der Waals surface area contributed by atoms with Crippen LogP contribution in [0.5, 0.6) is 0 Å². The van der Waals surface area contributed by atoms with Crippen LogP contribution >= 0.6 is 24.0 Å². The first-order valence-corrected chi connectivity index (χ1v) is 8.42. The van der Waals surface area contributed by atoms with Gasteiger partial charge in [0.2, 0.25) is 0 Å². The molecule has 1 aromatic rings. The predicted molar refractivity (Wildman–Crippen MR) is 111 cm³/mol. The summed E-state index contributed by atoms with van der Waals surface area (Å²) in [5, 5.41) is 6.57. The third-order valence-corrected chi connectivity index (χ3v) is 3.43. The van der Waals surface area contributed by atoms with E-state index in [2.05, 4.69) is 39.9 Å². The van der Waals surface area contributed by atoms with Crippen molar-refractivity contribution in [2.75, 3.05) is 47.1 Å². The predicted octanol–water partition coefficient (Wildman–Crippen LogP) is 2.85. The average molecular weight is 449 g/mol. The third-order valence-electron chi connectivity index (χ3n) is 3.43. The third kappa shape index (κ3) is 12.5. The number of methoxy groups -OCH3 is 1. The van der Waals surface area contributed by atoms with Gasteiger partial charge in [-0.1, -0.05) is 30.3 Å². The highest BCUT2D eigenvalue weighted by Gasteiger charge is 1.97. The Morgan fingerprint density at radius 2 is 1.67 bits per heavy atom. The molecule has 0 atom stereocenters. The molecule has 1 aromatic carbocycles. The Balaban J connectivity index is 0.00000529. The summed E-state index contributed by atoms with van der Waals surface area (Å²) in [6.07, 6.45) is 4.09. The highest BCUT2D eigenvalue weighted by Crippen LogP contribution is 2.00. The zero-order chi connectivity index (χ0) is 16.6. The fraction of sp³-hybridized carbons (Fsp3) is 0.611. The van der Waals surface area contributed by atoms with Gasteiger partial charge in [-0.15, -0.1) is 24.0 Å². The Morgan fingerprint density at radius 1 is 0.958 bits per heavy atom. The second-order valence-electron chi connectivity index (χ2n) is 5.33. The van der Waals surface area contributed by atoms with Gasteiger partial charge in [0.05, 0.1) is 6.61 Å². The minimum atomic E-state index is 0. The van der Waals surface area contributed by atoms with Crippen molar-refractivity contribution >= 4 is 29.9 Å². The van der Waals surface area contributed by atoms with Gasteiger partial charge < -0.3 is 20.1 Å². The molecule has 0 saturated heterocycles. The van der Waals surface area contributed by atoms with E-state index in [1.165, 1.54) is 5.56 Å². The minimum Gasteiger partial charge on any atom is -0.385 e. The molecule has 0 spiro atoms. The van der Waals surface area contributed by atoms with Crippen LogP contribution in [-0.4, -0.2) is 53.0 Å². The van der Waals surface area contributed by atoms with E-state index in [0.717, 1.165) is 64.6 Å². The molecule has 0 aliphatic rings. The average Bonchev–Trinajstić information content (AvgIpc) is 2.60. The summed E-state index contributed by atoms with van der Waals surface area (Å²) in [5.41, 5.74) is 1.33. The van der Waals surface area contributed by atoms with Crippen LogP contribution in [0, 0.1) is 0 Å². The van der Waals surface area contributed by atoms with Gasteiger partial charge in [0.25, 0.3) is 0 Å². The summed E-state index contributed by atoms with van der Waals surface area (Å²) in [4.78, 5) is 4.19. The van der Waals surface area contributed by atoms with Gasteiger partial charge in [0.15, 0.2) is 5.96 Å². The Labute approximate surface area is 163 Å². The van der Waals surface area contributed by atoms with Crippen LogP contribution in [-0.2, 0) is 15.9 Å². The molecule has 0 aliphatic heterocycles. The van der Waals surface area contributed by atoms with Crippen molar-refractivity contribution in [3.63, 3.8) is 0 Å². The standard InChI is InChI=1S/C18H31N3O2.HI/c1-19-18(21-13-8-14-22-2)20-12-6-7-15-23-16-11-17-9-4-3-5-10-17;/h3-5,9-10H,6-8,11-16H2,1-2H3,(H2,19,20,21);1H. The summed E-state index contributed by atoms with van der Waals surface area (Å²) in [6, 6.07) is 10.4. The topological polar surface area (TPSA) is 54.9 Å². The van der Waals surface area contributed by atoms with Crippen molar-refractivity contribution in [1.82, 2.24) is 10.6 Å². The molecular weight excluding hydrogens is 417 g/mol. The summed E-state index contributed by atoms with van der Waals surface area (Å²) in [5.74, 6) is 0.853. The first-order valence-electron chi connectivity index (χ1n) is 8.42. The van der Waals surface area contributed by atoms with Crippen molar-refractivity contribution in [1.29, 1.82) is 0 Å². The Kier molecular flexibility index (Phi) is 16.4. The second-order valence-corrected chi connectivity index (χ2v) is 5.33. The molecule has 0 saturated carbocycles. The lowest BCUT2D eigenvalue weighted by Gasteiger charge is -2.11. The van der Waals surface area contributed by atoms with Crippen molar-refractivity contribution < 1.29 is 9.47 Å². The fourth-order valence-electron chi connectivity index (χ4n) is 2.12. The molecule has 0 unspecified atom stereocenters. The molecule has 138 valence electrons. The molecule has 0 aliphatic carbocycles. The number of hydrogen-bond acceptors (Lipinski definition) is 3. The monoisotopic (exact) mass is 449 g/mol. The van der Waals surface area contributed by atoms with Crippen molar-refractivity contribution in [2.24, 2.45) is 4.99 Å². The van der Waals surface area contributed by atoms with Gasteiger partial charge in [-0.05, 0) is 31.2 Å². The Bertz CT molecular complexity index is 416. The van der Waals surface area contributed by atoms with Crippen LogP contribution in [0.2, 0.25) is 0 Å². The highest BCUT2D eigenvalue weighted by atomic mass is 127. The van der Waals surface area contributed by atoms with Gasteiger partial charge in [-0.25, -0.2) is 0 Å². The largest absolute Gasteiger partial charge is 0.385 e. The number of hydrogen-bond donors (Lipinski definition) is 2. The summed E-state index contributed by atoms with van der Waals surface area (Å²) >= 11 is 0. The zero-order valence-corrected chi connectivity index (χ0v) is 17.3. The second kappa shape index (κ2) is 17.0. The fourth-order valence-corrected chi connectivity index (χ4v) is 2.12. The van der Waals surface area contributed by atoms with E-state index in [9.17, 15) is 0 Å². The first kappa shape index (κ1) is 23.1. The van der Waals surface area contributed by atoms with Crippen LogP contribution in [0.4, 0.5) is 0 Å². The van der Waals surface area contributed by atoms with Crippen LogP contribution in [0.1, 0.15) is 24.8 Å². The lowest BCUT2D eigenvalue weighted by molar-refractivity contribution is 0.133. The number of ether oxygens (including phenoxy) is 2. The normalized spacial score (nSPS) is 11.0. The number of benzene rings is 1. The molecule has 2 N–H and O–H groups in total. The number of unbranched alkanes of at least 4 members (excludes halogenated alkanes) is 1. The van der Waals surface area contributed by atoms with Gasteiger partial charge >= 0.3 is 0 Å². The number of rotatable bonds is 12. The van der Waals surface area contributed by atoms with E-state index in [-0.39, 0.29) is 24.0 Å². The smallest absolute Gasteiger partial charge is 0.190 e. The maximum atomic E-state index is 5.68. The number of guanidine groups is 1. The summed E-state index contributed by atoms with van der Waals surface area (Å²) in [6.45, 7) is 4.15. The van der Waals surface area contributed by atoms with Crippen LogP contribution in [0.15, 0.2) is 35.3 Å². The molecule has 0 aromatic heterocycles. The van der Waals surface area contributed by atoms with Gasteiger partial charge in [-0.3, -0.25) is 4.99 Å². The lowest BCUT2D eigenvalue weighted by atomic mass is 10.2. The molecule has 0 amide bonds. The number of nitrogens with one attached hydrogen (secondary N) is 2. The Hall–Kier alpha value is -0.860. The summed E-state index contributed by atoms with van der Waals surface area (Å²) in [7, 11) is 3.51. The zero-order valence-electron chi connectivity index (χ0n) is 14.9. The molecule has 1 rings (SSSR count). The first-order chi connectivity index (χ1) is 11.4. The number of halogens is 1. The van der Waals surface area contributed by atoms with E-state index >= 15 is 0 Å².